The lowest BCUT2D eigenvalue weighted by atomic mass is 10.1. The molecule has 0 amide bonds. The number of rotatable bonds is 6. The second kappa shape index (κ2) is 8.38. The molecule has 0 aliphatic heterocycles. The normalized spacial score (nSPS) is 12.4. The second-order valence-electron chi connectivity index (χ2n) is 6.36. The van der Waals surface area contributed by atoms with Gasteiger partial charge in [0, 0.05) is 24.4 Å². The number of ether oxygens (including phenoxy) is 1. The van der Waals surface area contributed by atoms with Gasteiger partial charge in [-0.2, -0.15) is 0 Å². The number of pyridine rings is 1. The van der Waals surface area contributed by atoms with Gasteiger partial charge in [0.15, 0.2) is 15.7 Å². The minimum Gasteiger partial charge on any atom is -0.411 e. The molecule has 0 spiro atoms. The van der Waals surface area contributed by atoms with Crippen molar-refractivity contribution in [3.05, 3.63) is 48.3 Å². The first-order chi connectivity index (χ1) is 14.6. The van der Waals surface area contributed by atoms with Gasteiger partial charge in [0.05, 0.1) is 28.8 Å². The number of halogens is 3. The Morgan fingerprint density at radius 2 is 1.87 bits per heavy atom. The summed E-state index contributed by atoms with van der Waals surface area (Å²) < 4.78 is 67.7. The molecule has 1 N–H and O–H groups in total. The van der Waals surface area contributed by atoms with E-state index in [4.69, 9.17) is 5.21 Å². The summed E-state index contributed by atoms with van der Waals surface area (Å²) in [6.07, 6.45) is -0.940. The largest absolute Gasteiger partial charge is 0.573 e. The van der Waals surface area contributed by atoms with Crippen LogP contribution in [0.4, 0.5) is 13.2 Å². The molecule has 0 saturated carbocycles. The van der Waals surface area contributed by atoms with Gasteiger partial charge >= 0.3 is 6.36 Å². The van der Waals surface area contributed by atoms with E-state index in [1.165, 1.54) is 49.6 Å². The molecule has 8 nitrogen and oxygen atoms in total. The highest BCUT2D eigenvalue weighted by Gasteiger charge is 2.31. The summed E-state index contributed by atoms with van der Waals surface area (Å²) in [5.74, 6) is -0.304. The number of hydrogen-bond acceptors (Lipinski definition) is 7. The number of aromatic nitrogens is 3. The van der Waals surface area contributed by atoms with Crippen molar-refractivity contribution in [2.75, 3.05) is 5.75 Å². The van der Waals surface area contributed by atoms with Crippen LogP contribution in [0, 0.1) is 0 Å². The van der Waals surface area contributed by atoms with Gasteiger partial charge in [-0.3, -0.25) is 4.98 Å². The lowest BCUT2D eigenvalue weighted by Gasteiger charge is -2.11. The summed E-state index contributed by atoms with van der Waals surface area (Å²) in [6, 6.07) is 6.53. The number of oxime groups is 1. The summed E-state index contributed by atoms with van der Waals surface area (Å²) in [4.78, 5) is 8.38. The maximum Gasteiger partial charge on any atom is 0.573 e. The molecule has 2 heterocycles. The van der Waals surface area contributed by atoms with Crippen LogP contribution in [0.5, 0.6) is 5.75 Å². The first-order valence-corrected chi connectivity index (χ1v) is 10.5. The van der Waals surface area contributed by atoms with Crippen LogP contribution >= 0.6 is 0 Å². The first kappa shape index (κ1) is 22.3. The van der Waals surface area contributed by atoms with Gasteiger partial charge in [-0.1, -0.05) is 12.1 Å². The predicted molar refractivity (Wildman–Crippen MR) is 106 cm³/mol. The Labute approximate surface area is 175 Å². The van der Waals surface area contributed by atoms with Crippen LogP contribution in [0.15, 0.2) is 52.8 Å². The lowest BCUT2D eigenvalue weighted by Crippen LogP contribution is -2.16. The fourth-order valence-corrected chi connectivity index (χ4v) is 3.95. The molecule has 1 aromatic carbocycles. The van der Waals surface area contributed by atoms with E-state index >= 15 is 0 Å². The van der Waals surface area contributed by atoms with Gasteiger partial charge in [0.1, 0.15) is 11.4 Å². The Bertz CT molecular complexity index is 1220. The zero-order valence-corrected chi connectivity index (χ0v) is 17.1. The fraction of sp³-hybridized carbons (Fsp3) is 0.211. The fourth-order valence-electron chi connectivity index (χ4n) is 2.88. The smallest absolute Gasteiger partial charge is 0.411 e. The molecule has 0 aliphatic carbocycles. The minimum atomic E-state index is -4.79. The number of imidazole rings is 1. The van der Waals surface area contributed by atoms with Crippen LogP contribution in [-0.2, 0) is 16.9 Å². The molecule has 0 bridgehead atoms. The van der Waals surface area contributed by atoms with Crippen LogP contribution in [-0.4, -0.2) is 46.5 Å². The van der Waals surface area contributed by atoms with Crippen molar-refractivity contribution in [1.82, 2.24) is 14.5 Å². The number of benzene rings is 1. The monoisotopic (exact) mass is 454 g/mol. The summed E-state index contributed by atoms with van der Waals surface area (Å²) in [5, 5.41) is 11.6. The van der Waals surface area contributed by atoms with Crippen molar-refractivity contribution in [1.29, 1.82) is 0 Å². The zero-order chi connectivity index (χ0) is 22.8. The molecule has 12 heteroatoms. The van der Waals surface area contributed by atoms with E-state index in [1.54, 1.807) is 11.6 Å². The lowest BCUT2D eigenvalue weighted by molar-refractivity contribution is -0.274. The molecular weight excluding hydrogens is 437 g/mol. The zero-order valence-electron chi connectivity index (χ0n) is 16.3. The van der Waals surface area contributed by atoms with Gasteiger partial charge in [-0.15, -0.1) is 13.2 Å². The number of nitrogens with zero attached hydrogens (tertiary/aromatic N) is 4. The Morgan fingerprint density at radius 1 is 1.19 bits per heavy atom. The molecule has 0 radical (unpaired) electrons. The number of hydrogen-bond donors (Lipinski definition) is 1. The van der Waals surface area contributed by atoms with Gasteiger partial charge < -0.3 is 14.5 Å². The average Bonchev–Trinajstić information content (AvgIpc) is 3.09. The molecule has 0 saturated heterocycles. The molecule has 0 fully saturated rings. The molecule has 3 rings (SSSR count). The standard InChI is InChI=1S/C19H17F3N4O4S/c1-3-31(28,29)16-8-12(10-25-27)9-23-17(16)18-24-11-15(26(18)2)13-4-6-14(7-5-13)30-19(20,21)22/h4-11,27H,3H2,1-2H3/b25-10+. The molecular formula is C19H17F3N4O4S. The summed E-state index contributed by atoms with van der Waals surface area (Å²) in [5.41, 5.74) is 1.45. The van der Waals surface area contributed by atoms with Crippen molar-refractivity contribution in [2.45, 2.75) is 18.2 Å². The number of alkyl halides is 3. The molecule has 3 aromatic rings. The molecule has 2 aromatic heterocycles. The first-order valence-electron chi connectivity index (χ1n) is 8.84. The van der Waals surface area contributed by atoms with Crippen LogP contribution in [0.25, 0.3) is 22.8 Å². The highest BCUT2D eigenvalue weighted by molar-refractivity contribution is 7.91. The molecule has 164 valence electrons. The summed E-state index contributed by atoms with van der Waals surface area (Å²) >= 11 is 0. The topological polar surface area (TPSA) is 107 Å². The second-order valence-corrected chi connectivity index (χ2v) is 8.61. The van der Waals surface area contributed by atoms with Gasteiger partial charge in [0.2, 0.25) is 0 Å². The third-order valence-electron chi connectivity index (χ3n) is 4.38. The molecule has 0 atom stereocenters. The van der Waals surface area contributed by atoms with Crippen LogP contribution in [0.1, 0.15) is 12.5 Å². The van der Waals surface area contributed by atoms with E-state index in [9.17, 15) is 21.6 Å². The van der Waals surface area contributed by atoms with Crippen molar-refractivity contribution in [3.8, 4) is 28.5 Å². The Kier molecular flexibility index (Phi) is 6.02. The molecule has 31 heavy (non-hydrogen) atoms. The predicted octanol–water partition coefficient (Wildman–Crippen LogP) is 3.65. The minimum absolute atomic E-state index is 0.0819. The quantitative estimate of drug-likeness (QED) is 0.346. The summed E-state index contributed by atoms with van der Waals surface area (Å²) in [6.45, 7) is 1.49. The Balaban J connectivity index is 2.06. The van der Waals surface area contributed by atoms with Crippen molar-refractivity contribution < 1.29 is 31.5 Å². The van der Waals surface area contributed by atoms with E-state index in [1.807, 2.05) is 0 Å². The maximum atomic E-state index is 12.6. The Morgan fingerprint density at radius 3 is 2.45 bits per heavy atom. The highest BCUT2D eigenvalue weighted by atomic mass is 32.2. The summed E-state index contributed by atoms with van der Waals surface area (Å²) in [7, 11) is -2.07. The molecule has 0 unspecified atom stereocenters. The van der Waals surface area contributed by atoms with Gasteiger partial charge in [-0.25, -0.2) is 13.4 Å². The van der Waals surface area contributed by atoms with Crippen molar-refractivity contribution in [3.63, 3.8) is 0 Å². The average molecular weight is 454 g/mol. The van der Waals surface area contributed by atoms with Crippen LogP contribution in [0.2, 0.25) is 0 Å². The van der Waals surface area contributed by atoms with E-state index in [-0.39, 0.29) is 33.5 Å². The van der Waals surface area contributed by atoms with Crippen molar-refractivity contribution >= 4 is 16.1 Å². The van der Waals surface area contributed by atoms with Gasteiger partial charge in [0.25, 0.3) is 0 Å². The van der Waals surface area contributed by atoms with E-state index in [0.717, 1.165) is 6.21 Å². The third-order valence-corrected chi connectivity index (χ3v) is 6.12. The highest BCUT2D eigenvalue weighted by Crippen LogP contribution is 2.31. The van der Waals surface area contributed by atoms with Crippen LogP contribution < -0.4 is 4.74 Å². The maximum absolute atomic E-state index is 12.6. The SMILES string of the molecule is CCS(=O)(=O)c1cc(/C=N/O)cnc1-c1ncc(-c2ccc(OC(F)(F)F)cc2)n1C. The van der Waals surface area contributed by atoms with E-state index in [2.05, 4.69) is 19.9 Å². The number of sulfone groups is 1. The molecule has 0 aliphatic rings. The van der Waals surface area contributed by atoms with Gasteiger partial charge in [-0.05, 0) is 30.3 Å². The van der Waals surface area contributed by atoms with Crippen molar-refractivity contribution in [2.24, 2.45) is 12.2 Å². The van der Waals surface area contributed by atoms with E-state index < -0.39 is 16.2 Å². The third kappa shape index (κ3) is 4.85. The van der Waals surface area contributed by atoms with Crippen LogP contribution in [0.3, 0.4) is 0 Å². The van der Waals surface area contributed by atoms with E-state index in [0.29, 0.717) is 11.3 Å². The Hall–Kier alpha value is -3.41.